The maximum absolute atomic E-state index is 11.6. The SMILES string of the molecule is CCc1ccc2cc3c(cc2c1)C(=O)OCO3. The van der Waals surface area contributed by atoms with Crippen LogP contribution in [0.2, 0.25) is 0 Å². The van der Waals surface area contributed by atoms with Gasteiger partial charge in [-0.15, -0.1) is 0 Å². The second-order valence-corrected chi connectivity index (χ2v) is 4.08. The van der Waals surface area contributed by atoms with E-state index >= 15 is 0 Å². The summed E-state index contributed by atoms with van der Waals surface area (Å²) in [4.78, 5) is 11.6. The minimum absolute atomic E-state index is 0.00435. The molecular weight excluding hydrogens is 216 g/mol. The van der Waals surface area contributed by atoms with Gasteiger partial charge in [-0.3, -0.25) is 0 Å². The topological polar surface area (TPSA) is 35.5 Å². The van der Waals surface area contributed by atoms with Crippen molar-refractivity contribution < 1.29 is 14.3 Å². The highest BCUT2D eigenvalue weighted by Crippen LogP contribution is 2.29. The highest BCUT2D eigenvalue weighted by Gasteiger charge is 2.20. The van der Waals surface area contributed by atoms with E-state index in [0.717, 1.165) is 17.2 Å². The van der Waals surface area contributed by atoms with Crippen LogP contribution in [0.25, 0.3) is 10.8 Å². The third-order valence-electron chi connectivity index (χ3n) is 3.04. The smallest absolute Gasteiger partial charge is 0.344 e. The van der Waals surface area contributed by atoms with Crippen LogP contribution in [0, 0.1) is 0 Å². The van der Waals surface area contributed by atoms with Crippen molar-refractivity contribution in [2.45, 2.75) is 13.3 Å². The molecule has 0 amide bonds. The summed E-state index contributed by atoms with van der Waals surface area (Å²) in [6, 6.07) is 9.97. The largest absolute Gasteiger partial charge is 0.456 e. The van der Waals surface area contributed by atoms with Crippen molar-refractivity contribution >= 4 is 16.7 Å². The predicted octanol–water partition coefficient (Wildman–Crippen LogP) is 2.91. The number of esters is 1. The standard InChI is InChI=1S/C14H12O3/c1-2-9-3-4-10-7-13-12(6-11(10)5-9)14(15)17-8-16-13/h3-7H,2,8H2,1H3. The quantitative estimate of drug-likeness (QED) is 0.704. The van der Waals surface area contributed by atoms with E-state index < -0.39 is 0 Å². The Balaban J connectivity index is 2.24. The Morgan fingerprint density at radius 2 is 2.00 bits per heavy atom. The number of fused-ring (bicyclic) bond motifs is 2. The molecule has 0 saturated carbocycles. The van der Waals surface area contributed by atoms with E-state index in [1.165, 1.54) is 5.56 Å². The molecule has 0 spiro atoms. The van der Waals surface area contributed by atoms with E-state index in [0.29, 0.717) is 11.3 Å². The lowest BCUT2D eigenvalue weighted by molar-refractivity contribution is 0.00502. The van der Waals surface area contributed by atoms with Gasteiger partial charge in [0.1, 0.15) is 11.3 Å². The number of rotatable bonds is 1. The lowest BCUT2D eigenvalue weighted by Crippen LogP contribution is -2.18. The molecule has 3 rings (SSSR count). The molecule has 86 valence electrons. The molecular formula is C14H12O3. The van der Waals surface area contributed by atoms with Crippen molar-refractivity contribution in [2.24, 2.45) is 0 Å². The summed E-state index contributed by atoms with van der Waals surface area (Å²) in [6.45, 7) is 2.11. The van der Waals surface area contributed by atoms with Gasteiger partial charge >= 0.3 is 5.97 Å². The number of cyclic esters (lactones) is 1. The van der Waals surface area contributed by atoms with Crippen LogP contribution in [0.15, 0.2) is 30.3 Å². The molecule has 0 unspecified atom stereocenters. The fraction of sp³-hybridized carbons (Fsp3) is 0.214. The molecule has 1 aliphatic rings. The first-order valence-electron chi connectivity index (χ1n) is 5.64. The van der Waals surface area contributed by atoms with Crippen LogP contribution < -0.4 is 4.74 Å². The molecule has 0 fully saturated rings. The molecule has 0 aromatic heterocycles. The van der Waals surface area contributed by atoms with Gasteiger partial charge in [-0.1, -0.05) is 25.1 Å². The number of benzene rings is 2. The Morgan fingerprint density at radius 3 is 2.82 bits per heavy atom. The highest BCUT2D eigenvalue weighted by molar-refractivity contribution is 5.99. The zero-order chi connectivity index (χ0) is 11.8. The first-order chi connectivity index (χ1) is 8.28. The summed E-state index contributed by atoms with van der Waals surface area (Å²) < 4.78 is 10.2. The van der Waals surface area contributed by atoms with E-state index in [2.05, 4.69) is 25.1 Å². The lowest BCUT2D eigenvalue weighted by Gasteiger charge is -2.17. The average molecular weight is 228 g/mol. The molecule has 3 heteroatoms. The fourth-order valence-corrected chi connectivity index (χ4v) is 2.05. The Labute approximate surface area is 99.0 Å². The summed E-state index contributed by atoms with van der Waals surface area (Å²) in [7, 11) is 0. The van der Waals surface area contributed by atoms with Gasteiger partial charge in [0.2, 0.25) is 6.79 Å². The van der Waals surface area contributed by atoms with Crippen molar-refractivity contribution in [2.75, 3.05) is 6.79 Å². The van der Waals surface area contributed by atoms with Gasteiger partial charge in [-0.25, -0.2) is 4.79 Å². The Kier molecular flexibility index (Phi) is 2.25. The van der Waals surface area contributed by atoms with Crippen LogP contribution >= 0.6 is 0 Å². The van der Waals surface area contributed by atoms with Crippen LogP contribution in [0.4, 0.5) is 0 Å². The minimum Gasteiger partial charge on any atom is -0.456 e. The van der Waals surface area contributed by atoms with Crippen LogP contribution in [-0.4, -0.2) is 12.8 Å². The third kappa shape index (κ3) is 1.64. The van der Waals surface area contributed by atoms with Crippen LogP contribution in [-0.2, 0) is 11.2 Å². The van der Waals surface area contributed by atoms with Crippen molar-refractivity contribution in [3.05, 3.63) is 41.5 Å². The molecule has 0 radical (unpaired) electrons. The van der Waals surface area contributed by atoms with Crippen molar-refractivity contribution in [3.63, 3.8) is 0 Å². The van der Waals surface area contributed by atoms with E-state index in [4.69, 9.17) is 9.47 Å². The maximum atomic E-state index is 11.6. The van der Waals surface area contributed by atoms with Gasteiger partial charge in [0.15, 0.2) is 0 Å². The molecule has 0 bridgehead atoms. The normalized spacial score (nSPS) is 14.1. The zero-order valence-corrected chi connectivity index (χ0v) is 9.53. The molecule has 2 aromatic carbocycles. The average Bonchev–Trinajstić information content (AvgIpc) is 2.37. The molecule has 2 aromatic rings. The second kappa shape index (κ2) is 3.77. The number of ether oxygens (including phenoxy) is 2. The maximum Gasteiger partial charge on any atom is 0.344 e. The van der Waals surface area contributed by atoms with E-state index in [9.17, 15) is 4.79 Å². The molecule has 1 heterocycles. The van der Waals surface area contributed by atoms with Crippen molar-refractivity contribution in [3.8, 4) is 5.75 Å². The van der Waals surface area contributed by atoms with E-state index in [1.807, 2.05) is 12.1 Å². The summed E-state index contributed by atoms with van der Waals surface area (Å²) in [5, 5.41) is 2.13. The summed E-state index contributed by atoms with van der Waals surface area (Å²) in [5.74, 6) is 0.299. The molecule has 1 aliphatic heterocycles. The van der Waals surface area contributed by atoms with Crippen molar-refractivity contribution in [1.82, 2.24) is 0 Å². The molecule has 0 aliphatic carbocycles. The first kappa shape index (κ1) is 10.1. The second-order valence-electron chi connectivity index (χ2n) is 4.08. The number of hydrogen-bond donors (Lipinski definition) is 0. The number of hydrogen-bond acceptors (Lipinski definition) is 3. The van der Waals surface area contributed by atoms with Gasteiger partial charge in [0.05, 0.1) is 0 Å². The van der Waals surface area contributed by atoms with Gasteiger partial charge in [-0.05, 0) is 34.9 Å². The van der Waals surface area contributed by atoms with E-state index in [1.54, 1.807) is 0 Å². The fourth-order valence-electron chi connectivity index (χ4n) is 2.05. The molecule has 17 heavy (non-hydrogen) atoms. The highest BCUT2D eigenvalue weighted by atomic mass is 16.7. The number of carbonyl (C=O) groups is 1. The predicted molar refractivity (Wildman–Crippen MR) is 64.2 cm³/mol. The zero-order valence-electron chi connectivity index (χ0n) is 9.53. The molecule has 3 nitrogen and oxygen atoms in total. The lowest BCUT2D eigenvalue weighted by atomic mass is 10.0. The van der Waals surface area contributed by atoms with Crippen LogP contribution in [0.1, 0.15) is 22.8 Å². The van der Waals surface area contributed by atoms with E-state index in [-0.39, 0.29) is 12.8 Å². The molecule has 0 atom stereocenters. The molecule has 0 saturated heterocycles. The minimum atomic E-state index is -0.310. The third-order valence-corrected chi connectivity index (χ3v) is 3.04. The van der Waals surface area contributed by atoms with Crippen molar-refractivity contribution in [1.29, 1.82) is 0 Å². The van der Waals surface area contributed by atoms with Gasteiger partial charge in [-0.2, -0.15) is 0 Å². The number of carbonyl (C=O) groups excluding carboxylic acids is 1. The van der Waals surface area contributed by atoms with Crippen LogP contribution in [0.5, 0.6) is 5.75 Å². The Morgan fingerprint density at radius 1 is 1.12 bits per heavy atom. The van der Waals surface area contributed by atoms with Gasteiger partial charge in [0, 0.05) is 0 Å². The summed E-state index contributed by atoms with van der Waals surface area (Å²) in [5.41, 5.74) is 1.76. The van der Waals surface area contributed by atoms with Gasteiger partial charge in [0.25, 0.3) is 0 Å². The summed E-state index contributed by atoms with van der Waals surface area (Å²) in [6.07, 6.45) is 0.980. The molecule has 0 N–H and O–H groups in total. The Hall–Kier alpha value is -2.03. The van der Waals surface area contributed by atoms with Gasteiger partial charge < -0.3 is 9.47 Å². The summed E-state index contributed by atoms with van der Waals surface area (Å²) >= 11 is 0. The van der Waals surface area contributed by atoms with Crippen LogP contribution in [0.3, 0.4) is 0 Å². The number of aryl methyl sites for hydroxylation is 1. The first-order valence-corrected chi connectivity index (χ1v) is 5.64. The monoisotopic (exact) mass is 228 g/mol. The Bertz CT molecular complexity index is 602.